The van der Waals surface area contributed by atoms with Gasteiger partial charge in [0.1, 0.15) is 6.04 Å². The molecular weight excluding hydrogens is 594 g/mol. The minimum Gasteiger partial charge on any atom is -0.394 e. The molecule has 3 unspecified atom stereocenters. The number of amides is 3. The molecule has 3 amide bonds. The molecule has 0 aliphatic carbocycles. The van der Waals surface area contributed by atoms with Gasteiger partial charge in [0.05, 0.1) is 29.2 Å². The number of likely N-dealkylation sites (tertiary alicyclic amines) is 1. The summed E-state index contributed by atoms with van der Waals surface area (Å²) < 4.78 is -0.820. The van der Waals surface area contributed by atoms with E-state index < -0.39 is 28.7 Å². The summed E-state index contributed by atoms with van der Waals surface area (Å²) in [5.74, 6) is -1.92. The van der Waals surface area contributed by atoms with Crippen LogP contribution in [0.5, 0.6) is 0 Å². The minimum atomic E-state index is -0.861. The molecule has 3 saturated heterocycles. The molecule has 2 aromatic rings. The van der Waals surface area contributed by atoms with E-state index in [1.165, 1.54) is 0 Å². The highest BCUT2D eigenvalue weighted by Crippen LogP contribution is 2.69. The molecule has 234 valence electrons. The molecule has 1 spiro atoms. The van der Waals surface area contributed by atoms with Crippen molar-refractivity contribution >= 4 is 46.8 Å². The van der Waals surface area contributed by atoms with Gasteiger partial charge in [-0.25, -0.2) is 0 Å². The number of carbonyl (C=O) groups excluding carboxylic acids is 3. The molecule has 44 heavy (non-hydrogen) atoms. The number of aliphatic hydroxyl groups is 1. The second-order valence-electron chi connectivity index (χ2n) is 12.5. The van der Waals surface area contributed by atoms with E-state index in [-0.39, 0.29) is 48.0 Å². The number of fused-ring (bicyclic) bond motifs is 1. The molecular formula is C35H42ClN3O4S. The van der Waals surface area contributed by atoms with Crippen LogP contribution in [-0.2, 0) is 20.9 Å². The fraction of sp³-hybridized carbons (Fsp3) is 0.457. The lowest BCUT2D eigenvalue weighted by Crippen LogP contribution is -2.60. The van der Waals surface area contributed by atoms with Crippen molar-refractivity contribution in [1.29, 1.82) is 0 Å². The molecule has 3 heterocycles. The van der Waals surface area contributed by atoms with Crippen LogP contribution in [0.4, 0.5) is 5.69 Å². The van der Waals surface area contributed by atoms with Gasteiger partial charge < -0.3 is 19.8 Å². The average Bonchev–Trinajstić information content (AvgIpc) is 3.60. The van der Waals surface area contributed by atoms with Crippen LogP contribution in [0.15, 0.2) is 79.9 Å². The van der Waals surface area contributed by atoms with Crippen molar-refractivity contribution in [3.8, 4) is 0 Å². The number of nitrogens with zero attached hydrogens (tertiary/aromatic N) is 3. The van der Waals surface area contributed by atoms with Crippen LogP contribution < -0.4 is 4.90 Å². The first-order valence-corrected chi connectivity index (χ1v) is 16.6. The lowest BCUT2D eigenvalue weighted by Gasteiger charge is -2.43. The van der Waals surface area contributed by atoms with Crippen molar-refractivity contribution in [3.63, 3.8) is 0 Å². The Balaban J connectivity index is 1.60. The molecule has 3 fully saturated rings. The summed E-state index contributed by atoms with van der Waals surface area (Å²) in [7, 11) is 0. The van der Waals surface area contributed by atoms with E-state index in [9.17, 15) is 19.5 Å². The summed E-state index contributed by atoms with van der Waals surface area (Å²) in [5.41, 5.74) is 1.65. The molecule has 0 radical (unpaired) electrons. The van der Waals surface area contributed by atoms with Crippen LogP contribution in [-0.4, -0.2) is 74.4 Å². The molecule has 7 atom stereocenters. The van der Waals surface area contributed by atoms with Gasteiger partial charge in [-0.15, -0.1) is 24.9 Å². The number of aliphatic hydroxyl groups excluding tert-OH is 1. The van der Waals surface area contributed by atoms with Crippen LogP contribution >= 0.6 is 23.4 Å². The van der Waals surface area contributed by atoms with Crippen LogP contribution in [0.2, 0.25) is 5.02 Å². The van der Waals surface area contributed by atoms with E-state index in [4.69, 9.17) is 11.6 Å². The maximum absolute atomic E-state index is 14.9. The number of anilines is 1. The summed E-state index contributed by atoms with van der Waals surface area (Å²) in [6.07, 6.45) is 4.11. The number of benzene rings is 2. The summed E-state index contributed by atoms with van der Waals surface area (Å²) in [6, 6.07) is 15.4. The number of hydrogen-bond acceptors (Lipinski definition) is 5. The largest absolute Gasteiger partial charge is 0.394 e. The van der Waals surface area contributed by atoms with Gasteiger partial charge in [0.2, 0.25) is 11.8 Å². The van der Waals surface area contributed by atoms with E-state index in [2.05, 4.69) is 20.1 Å². The van der Waals surface area contributed by atoms with E-state index in [0.717, 1.165) is 12.0 Å². The normalized spacial score (nSPS) is 27.7. The third-order valence-electron chi connectivity index (χ3n) is 9.61. The topological polar surface area (TPSA) is 81.2 Å². The predicted molar refractivity (Wildman–Crippen MR) is 177 cm³/mol. The first-order valence-electron chi connectivity index (χ1n) is 15.3. The Morgan fingerprint density at radius 2 is 1.75 bits per heavy atom. The molecule has 2 bridgehead atoms. The van der Waals surface area contributed by atoms with Gasteiger partial charge in [-0.05, 0) is 48.1 Å². The SMILES string of the molecule is C=CCN(Cc1ccccc1)C(=O)[C@@H]1[C@@H]2CC(C)C3(S2)C(C(=O)N(CC=C)c2ccc(Cl)cc2)N([C@@H](CO)C(C)C)C(=O)[C@H]13. The maximum atomic E-state index is 14.9. The maximum Gasteiger partial charge on any atom is 0.251 e. The van der Waals surface area contributed by atoms with E-state index in [1.54, 1.807) is 62.9 Å². The molecule has 1 N–H and O–H groups in total. The van der Waals surface area contributed by atoms with Crippen molar-refractivity contribution in [1.82, 2.24) is 9.80 Å². The standard InChI is InChI=1S/C35H42ClN3O4S/c1-6-17-37(20-24-11-9-8-10-12-24)32(41)29-28-19-23(5)35(44-28)30(29)33(42)39(27(21-40)22(3)4)31(35)34(43)38(18-7-2)26-15-13-25(36)14-16-26/h6-16,22-23,27-31,40H,1-2,17-21H2,3-5H3/t23?,27-,28-,29+,30-,31?,35?/m0/s1. The zero-order valence-corrected chi connectivity index (χ0v) is 27.2. The molecule has 3 aliphatic rings. The van der Waals surface area contributed by atoms with Gasteiger partial charge in [0, 0.05) is 35.6 Å². The molecule has 7 nitrogen and oxygen atoms in total. The highest BCUT2D eigenvalue weighted by molar-refractivity contribution is 8.02. The highest BCUT2D eigenvalue weighted by Gasteiger charge is 2.77. The van der Waals surface area contributed by atoms with Crippen molar-refractivity contribution in [2.45, 2.75) is 55.8 Å². The number of hydrogen-bond donors (Lipinski definition) is 1. The Labute approximate surface area is 269 Å². The smallest absolute Gasteiger partial charge is 0.251 e. The monoisotopic (exact) mass is 635 g/mol. The van der Waals surface area contributed by atoms with Crippen molar-refractivity contribution < 1.29 is 19.5 Å². The summed E-state index contributed by atoms with van der Waals surface area (Å²) in [4.78, 5) is 49.2. The fourth-order valence-corrected chi connectivity index (χ4v) is 10.1. The van der Waals surface area contributed by atoms with Crippen LogP contribution in [0.1, 0.15) is 32.8 Å². The average molecular weight is 636 g/mol. The third kappa shape index (κ3) is 5.39. The van der Waals surface area contributed by atoms with Crippen LogP contribution in [0.25, 0.3) is 0 Å². The van der Waals surface area contributed by atoms with E-state index in [1.807, 2.05) is 44.2 Å². The summed E-state index contributed by atoms with van der Waals surface area (Å²) >= 11 is 7.82. The van der Waals surface area contributed by atoms with Crippen LogP contribution in [0.3, 0.4) is 0 Å². The van der Waals surface area contributed by atoms with Gasteiger partial charge in [0.15, 0.2) is 0 Å². The first kappa shape index (κ1) is 32.3. The Hall–Kier alpha value is -3.07. The summed E-state index contributed by atoms with van der Waals surface area (Å²) in [5, 5.41) is 11.1. The lowest BCUT2D eigenvalue weighted by molar-refractivity contribution is -0.146. The number of halogens is 1. The van der Waals surface area contributed by atoms with Gasteiger partial charge in [-0.3, -0.25) is 14.4 Å². The molecule has 3 aliphatic heterocycles. The summed E-state index contributed by atoms with van der Waals surface area (Å²) in [6.45, 7) is 14.5. The second-order valence-corrected chi connectivity index (χ2v) is 14.5. The number of carbonyl (C=O) groups is 3. The Bertz CT molecular complexity index is 1400. The Morgan fingerprint density at radius 3 is 2.34 bits per heavy atom. The molecule has 2 aromatic carbocycles. The molecule has 5 rings (SSSR count). The van der Waals surface area contributed by atoms with Gasteiger partial charge in [-0.1, -0.05) is 74.9 Å². The van der Waals surface area contributed by atoms with Gasteiger partial charge >= 0.3 is 0 Å². The van der Waals surface area contributed by atoms with E-state index in [0.29, 0.717) is 23.8 Å². The molecule has 9 heteroatoms. The van der Waals surface area contributed by atoms with Gasteiger partial charge in [-0.2, -0.15) is 0 Å². The molecule has 0 saturated carbocycles. The Kier molecular flexibility index (Phi) is 9.64. The van der Waals surface area contributed by atoms with E-state index >= 15 is 0 Å². The van der Waals surface area contributed by atoms with Crippen molar-refractivity contribution in [2.24, 2.45) is 23.7 Å². The quantitative estimate of drug-likeness (QED) is 0.315. The van der Waals surface area contributed by atoms with Crippen molar-refractivity contribution in [2.75, 3.05) is 24.6 Å². The lowest BCUT2D eigenvalue weighted by atomic mass is 9.65. The Morgan fingerprint density at radius 1 is 1.09 bits per heavy atom. The molecule has 0 aromatic heterocycles. The van der Waals surface area contributed by atoms with Gasteiger partial charge in [0.25, 0.3) is 5.91 Å². The zero-order valence-electron chi connectivity index (χ0n) is 25.6. The highest BCUT2D eigenvalue weighted by atomic mass is 35.5. The predicted octanol–water partition coefficient (Wildman–Crippen LogP) is 5.43. The minimum absolute atomic E-state index is 0.00117. The zero-order chi connectivity index (χ0) is 31.8. The third-order valence-corrected chi connectivity index (χ3v) is 11.9. The number of thioether (sulfide) groups is 1. The van der Waals surface area contributed by atoms with Crippen molar-refractivity contribution in [3.05, 3.63) is 90.5 Å². The first-order chi connectivity index (χ1) is 21.1. The second kappa shape index (κ2) is 13.1. The van der Waals surface area contributed by atoms with Crippen LogP contribution in [0, 0.1) is 23.7 Å². The fourth-order valence-electron chi connectivity index (χ4n) is 7.62. The number of rotatable bonds is 12.